The molecule has 0 atom stereocenters. The Bertz CT molecular complexity index is 1170. The van der Waals surface area contributed by atoms with Gasteiger partial charge in [-0.3, -0.25) is 9.59 Å². The number of nitrogens with one attached hydrogen (secondary N) is 1. The van der Waals surface area contributed by atoms with Crippen molar-refractivity contribution in [2.24, 2.45) is 7.05 Å². The van der Waals surface area contributed by atoms with Crippen LogP contribution in [-0.4, -0.2) is 56.5 Å². The molecule has 4 rings (SSSR count). The number of carbonyl (C=O) groups excluding carboxylic acids is 1. The number of H-pyrrole nitrogens is 1. The molecule has 1 aliphatic rings. The van der Waals surface area contributed by atoms with E-state index >= 15 is 0 Å². The highest BCUT2D eigenvalue weighted by molar-refractivity contribution is 6.05. The standard InChI is InChI=1S/C20H21N7O2.H2/c1-25-12-16(15-4-8-22-17(15)19(25)29)18(28)26(2)14-5-9-27(10-6-14)20-23-7-3-13(11-21)24-20;/h3-4,7-8,12,14,22H,5-6,9-10H2,1-2H3;1H. The Hall–Kier alpha value is -3.67. The summed E-state index contributed by atoms with van der Waals surface area (Å²) in [5, 5.41) is 9.66. The van der Waals surface area contributed by atoms with E-state index < -0.39 is 0 Å². The average molecular weight is 393 g/mol. The van der Waals surface area contributed by atoms with Crippen molar-refractivity contribution in [2.45, 2.75) is 18.9 Å². The van der Waals surface area contributed by atoms with Gasteiger partial charge in [0, 0.05) is 58.6 Å². The Labute approximate surface area is 168 Å². The van der Waals surface area contributed by atoms with Crippen LogP contribution in [0.15, 0.2) is 35.5 Å². The molecule has 3 aromatic heterocycles. The molecule has 1 aliphatic heterocycles. The zero-order valence-electron chi connectivity index (χ0n) is 16.3. The average Bonchev–Trinajstić information content (AvgIpc) is 3.25. The van der Waals surface area contributed by atoms with Gasteiger partial charge in [0.15, 0.2) is 0 Å². The third-order valence-electron chi connectivity index (χ3n) is 5.50. The molecule has 0 bridgehead atoms. The highest BCUT2D eigenvalue weighted by atomic mass is 16.2. The van der Waals surface area contributed by atoms with Gasteiger partial charge in [-0.1, -0.05) is 0 Å². The normalized spacial score (nSPS) is 14.7. The van der Waals surface area contributed by atoms with Crippen LogP contribution in [0.25, 0.3) is 10.9 Å². The lowest BCUT2D eigenvalue weighted by molar-refractivity contribution is 0.0710. The number of piperidine rings is 1. The van der Waals surface area contributed by atoms with E-state index in [1.54, 1.807) is 49.7 Å². The second-order valence-electron chi connectivity index (χ2n) is 7.21. The first kappa shape index (κ1) is 18.7. The Kier molecular flexibility index (Phi) is 4.76. The number of anilines is 1. The molecule has 0 radical (unpaired) electrons. The number of hydrogen-bond donors (Lipinski definition) is 1. The maximum absolute atomic E-state index is 13.2. The first-order chi connectivity index (χ1) is 14.0. The predicted octanol–water partition coefficient (Wildman–Crippen LogP) is 1.52. The molecule has 0 unspecified atom stereocenters. The molecule has 1 N–H and O–H groups in total. The Balaban J connectivity index is 0.00000256. The molecule has 9 heteroatoms. The number of rotatable bonds is 3. The van der Waals surface area contributed by atoms with Crippen molar-refractivity contribution in [1.82, 2.24) is 24.4 Å². The zero-order chi connectivity index (χ0) is 20.5. The summed E-state index contributed by atoms with van der Waals surface area (Å²) in [6.45, 7) is 1.40. The van der Waals surface area contributed by atoms with Crippen LogP contribution in [0, 0.1) is 11.3 Å². The lowest BCUT2D eigenvalue weighted by Gasteiger charge is -2.36. The summed E-state index contributed by atoms with van der Waals surface area (Å²) in [7, 11) is 3.45. The van der Waals surface area contributed by atoms with Gasteiger partial charge in [-0.15, -0.1) is 0 Å². The minimum atomic E-state index is -0.155. The van der Waals surface area contributed by atoms with E-state index in [2.05, 4.69) is 15.0 Å². The van der Waals surface area contributed by atoms with Gasteiger partial charge in [0.2, 0.25) is 5.95 Å². The number of pyridine rings is 1. The summed E-state index contributed by atoms with van der Waals surface area (Å²) < 4.78 is 1.43. The fourth-order valence-electron chi connectivity index (χ4n) is 3.81. The van der Waals surface area contributed by atoms with Crippen LogP contribution >= 0.6 is 0 Å². The number of carbonyl (C=O) groups is 1. The van der Waals surface area contributed by atoms with Crippen LogP contribution < -0.4 is 10.5 Å². The van der Waals surface area contributed by atoms with E-state index in [9.17, 15) is 9.59 Å². The van der Waals surface area contributed by atoms with Crippen molar-refractivity contribution in [2.75, 3.05) is 25.0 Å². The van der Waals surface area contributed by atoms with Crippen molar-refractivity contribution in [1.29, 1.82) is 5.26 Å². The molecule has 0 spiro atoms. The molecule has 4 heterocycles. The lowest BCUT2D eigenvalue weighted by atomic mass is 10.0. The number of fused-ring (bicyclic) bond motifs is 1. The topological polar surface area (TPSA) is 111 Å². The smallest absolute Gasteiger partial charge is 0.274 e. The third kappa shape index (κ3) is 3.33. The Morgan fingerprint density at radius 3 is 2.86 bits per heavy atom. The summed E-state index contributed by atoms with van der Waals surface area (Å²) in [5.41, 5.74) is 1.14. The van der Waals surface area contributed by atoms with E-state index in [1.165, 1.54) is 4.57 Å². The lowest BCUT2D eigenvalue weighted by Crippen LogP contribution is -2.46. The zero-order valence-corrected chi connectivity index (χ0v) is 16.3. The predicted molar refractivity (Wildman–Crippen MR) is 110 cm³/mol. The van der Waals surface area contributed by atoms with E-state index in [0.29, 0.717) is 41.2 Å². The van der Waals surface area contributed by atoms with Gasteiger partial charge < -0.3 is 19.4 Å². The molecule has 0 saturated carbocycles. The maximum atomic E-state index is 13.2. The van der Waals surface area contributed by atoms with Gasteiger partial charge in [0.1, 0.15) is 17.3 Å². The summed E-state index contributed by atoms with van der Waals surface area (Å²) in [6, 6.07) is 5.45. The van der Waals surface area contributed by atoms with Crippen molar-refractivity contribution >= 4 is 22.8 Å². The summed E-state index contributed by atoms with van der Waals surface area (Å²) >= 11 is 0. The van der Waals surface area contributed by atoms with Crippen LogP contribution in [0.2, 0.25) is 0 Å². The fourth-order valence-corrected chi connectivity index (χ4v) is 3.81. The van der Waals surface area contributed by atoms with Gasteiger partial charge in [-0.2, -0.15) is 5.26 Å². The molecular formula is C20H23N7O2. The molecule has 29 heavy (non-hydrogen) atoms. The minimum Gasteiger partial charge on any atom is -0.357 e. The number of hydrogen-bond acceptors (Lipinski definition) is 6. The van der Waals surface area contributed by atoms with Crippen molar-refractivity contribution < 1.29 is 6.22 Å². The van der Waals surface area contributed by atoms with Gasteiger partial charge >= 0.3 is 0 Å². The highest BCUT2D eigenvalue weighted by Gasteiger charge is 2.28. The number of nitriles is 1. The second-order valence-corrected chi connectivity index (χ2v) is 7.21. The number of aryl methyl sites for hydroxylation is 1. The van der Waals surface area contributed by atoms with Crippen molar-refractivity contribution in [3.8, 4) is 6.07 Å². The molecular weight excluding hydrogens is 370 g/mol. The molecule has 150 valence electrons. The van der Waals surface area contributed by atoms with Crippen LogP contribution in [0.4, 0.5) is 5.95 Å². The van der Waals surface area contributed by atoms with Gasteiger partial charge in [-0.05, 0) is 25.0 Å². The molecule has 1 amide bonds. The minimum absolute atomic E-state index is 0. The Morgan fingerprint density at radius 2 is 2.14 bits per heavy atom. The number of nitrogens with zero attached hydrogens (tertiary/aromatic N) is 6. The molecule has 3 aromatic rings. The summed E-state index contributed by atoms with van der Waals surface area (Å²) in [4.78, 5) is 40.6. The van der Waals surface area contributed by atoms with Crippen molar-refractivity contribution in [3.63, 3.8) is 0 Å². The first-order valence-electron chi connectivity index (χ1n) is 9.41. The molecule has 0 aromatic carbocycles. The van der Waals surface area contributed by atoms with Gasteiger partial charge in [0.25, 0.3) is 11.5 Å². The third-order valence-corrected chi connectivity index (χ3v) is 5.50. The number of aromatic amines is 1. The molecule has 9 nitrogen and oxygen atoms in total. The SMILES string of the molecule is CN(C(=O)c1cn(C)c(=O)c2[nH]ccc12)C1CCN(c2nccc(C#N)n2)CC1.[HH]. The van der Waals surface area contributed by atoms with Crippen LogP contribution in [-0.2, 0) is 7.05 Å². The van der Waals surface area contributed by atoms with Gasteiger partial charge in [-0.25, -0.2) is 9.97 Å². The van der Waals surface area contributed by atoms with Crippen molar-refractivity contribution in [3.05, 3.63) is 52.3 Å². The molecule has 0 aliphatic carbocycles. The first-order valence-corrected chi connectivity index (χ1v) is 9.41. The molecule has 1 saturated heterocycles. The van der Waals surface area contributed by atoms with E-state index in [1.807, 2.05) is 11.0 Å². The largest absolute Gasteiger partial charge is 0.357 e. The monoisotopic (exact) mass is 393 g/mol. The number of amides is 1. The summed E-state index contributed by atoms with van der Waals surface area (Å²) in [5.74, 6) is 0.440. The van der Waals surface area contributed by atoms with E-state index in [0.717, 1.165) is 12.8 Å². The maximum Gasteiger partial charge on any atom is 0.274 e. The van der Waals surface area contributed by atoms with Gasteiger partial charge in [0.05, 0.1) is 5.56 Å². The Morgan fingerprint density at radius 1 is 1.38 bits per heavy atom. The van der Waals surface area contributed by atoms with E-state index in [-0.39, 0.29) is 18.9 Å². The quantitative estimate of drug-likeness (QED) is 0.722. The number of aromatic nitrogens is 4. The highest BCUT2D eigenvalue weighted by Crippen LogP contribution is 2.22. The van der Waals surface area contributed by atoms with Crippen LogP contribution in [0.5, 0.6) is 0 Å². The fraction of sp³-hybridized carbons (Fsp3) is 0.350. The van der Waals surface area contributed by atoms with Crippen LogP contribution in [0.1, 0.15) is 30.3 Å². The second kappa shape index (κ2) is 7.39. The van der Waals surface area contributed by atoms with E-state index in [4.69, 9.17) is 5.26 Å². The van der Waals surface area contributed by atoms with Crippen LogP contribution in [0.3, 0.4) is 0 Å². The summed E-state index contributed by atoms with van der Waals surface area (Å²) in [6.07, 6.45) is 6.41. The molecule has 1 fully saturated rings.